The molecule has 0 aliphatic carbocycles. The van der Waals surface area contributed by atoms with Crippen molar-refractivity contribution in [1.29, 1.82) is 0 Å². The predicted octanol–water partition coefficient (Wildman–Crippen LogP) is 2.82. The lowest BCUT2D eigenvalue weighted by molar-refractivity contribution is 0.0543. The summed E-state index contributed by atoms with van der Waals surface area (Å²) in [6.07, 6.45) is 3.77. The molecular weight excluding hydrogens is 328 g/mol. The highest BCUT2D eigenvalue weighted by Crippen LogP contribution is 2.34. The fourth-order valence-corrected chi connectivity index (χ4v) is 3.47. The molecule has 1 aliphatic heterocycles. The Labute approximate surface area is 152 Å². The first-order chi connectivity index (χ1) is 12.5. The van der Waals surface area contributed by atoms with E-state index < -0.39 is 0 Å². The molecule has 3 aromatic rings. The van der Waals surface area contributed by atoms with Crippen LogP contribution >= 0.6 is 0 Å². The highest BCUT2D eigenvalue weighted by molar-refractivity contribution is 5.41. The summed E-state index contributed by atoms with van der Waals surface area (Å²) >= 11 is 0. The summed E-state index contributed by atoms with van der Waals surface area (Å²) in [4.78, 5) is 13.4. The molecule has 0 atom stereocenters. The van der Waals surface area contributed by atoms with Gasteiger partial charge in [-0.1, -0.05) is 6.92 Å². The average Bonchev–Trinajstić information content (AvgIpc) is 3.02. The van der Waals surface area contributed by atoms with Gasteiger partial charge in [-0.15, -0.1) is 5.10 Å². The number of aromatic nitrogens is 5. The van der Waals surface area contributed by atoms with Gasteiger partial charge < -0.3 is 10.1 Å². The van der Waals surface area contributed by atoms with Crippen LogP contribution in [-0.4, -0.2) is 37.8 Å². The second-order valence-corrected chi connectivity index (χ2v) is 7.26. The minimum atomic E-state index is 0.0252. The largest absolute Gasteiger partial charge is 0.381 e. The molecule has 26 heavy (non-hydrogen) atoms. The zero-order valence-corrected chi connectivity index (χ0v) is 15.5. The minimum absolute atomic E-state index is 0.0252. The predicted molar refractivity (Wildman–Crippen MR) is 99.2 cm³/mol. The number of fused-ring (bicyclic) bond motifs is 1. The van der Waals surface area contributed by atoms with Crippen molar-refractivity contribution >= 4 is 11.7 Å². The molecule has 1 N–H and O–H groups in total. The summed E-state index contributed by atoms with van der Waals surface area (Å²) in [6, 6.07) is 6.18. The lowest BCUT2D eigenvalue weighted by atomic mass is 9.79. The molecule has 7 nitrogen and oxygen atoms in total. The Hall–Kier alpha value is -2.54. The van der Waals surface area contributed by atoms with Crippen LogP contribution in [0.4, 0.5) is 5.95 Å². The van der Waals surface area contributed by atoms with Crippen LogP contribution in [-0.2, 0) is 16.7 Å². The summed E-state index contributed by atoms with van der Waals surface area (Å²) < 4.78 is 7.44. The number of aryl methyl sites for hydroxylation is 2. The molecule has 0 saturated carbocycles. The van der Waals surface area contributed by atoms with Gasteiger partial charge in [0.25, 0.3) is 5.78 Å². The van der Waals surface area contributed by atoms with Gasteiger partial charge >= 0.3 is 0 Å². The monoisotopic (exact) mass is 352 g/mol. The summed E-state index contributed by atoms with van der Waals surface area (Å²) in [7, 11) is 0. The summed E-state index contributed by atoms with van der Waals surface area (Å²) in [6.45, 7) is 8.48. The van der Waals surface area contributed by atoms with Gasteiger partial charge in [-0.25, -0.2) is 4.98 Å². The molecule has 4 heterocycles. The van der Waals surface area contributed by atoms with Crippen LogP contribution < -0.4 is 5.32 Å². The molecule has 1 aliphatic rings. The van der Waals surface area contributed by atoms with Crippen LogP contribution in [0.25, 0.3) is 5.78 Å². The number of hydrogen-bond donors (Lipinski definition) is 1. The van der Waals surface area contributed by atoms with Crippen molar-refractivity contribution < 1.29 is 4.74 Å². The second kappa shape index (κ2) is 6.64. The fraction of sp³-hybridized carbons (Fsp3) is 0.474. The van der Waals surface area contributed by atoms with Crippen molar-refractivity contribution in [3.8, 4) is 0 Å². The van der Waals surface area contributed by atoms with Crippen molar-refractivity contribution in [3.63, 3.8) is 0 Å². The standard InChI is InChI=1S/C19H24N6O/c1-13-10-15(4-7-20-13)12-21-17-23-18-22-14(2)11-16(25(18)24-17)19(3)5-8-26-9-6-19/h4,7,10-11H,5-6,8-9,12H2,1-3H3,(H,21,24). The maximum atomic E-state index is 5.55. The van der Waals surface area contributed by atoms with E-state index in [4.69, 9.17) is 4.74 Å². The molecule has 4 rings (SSSR count). The van der Waals surface area contributed by atoms with Crippen LogP contribution in [0.15, 0.2) is 24.4 Å². The maximum absolute atomic E-state index is 5.55. The lowest BCUT2D eigenvalue weighted by Crippen LogP contribution is -2.33. The van der Waals surface area contributed by atoms with E-state index in [2.05, 4.69) is 44.4 Å². The number of hydrogen-bond acceptors (Lipinski definition) is 6. The molecule has 1 saturated heterocycles. The number of anilines is 1. The van der Waals surface area contributed by atoms with E-state index in [9.17, 15) is 0 Å². The normalized spacial score (nSPS) is 16.7. The van der Waals surface area contributed by atoms with E-state index in [0.717, 1.165) is 48.7 Å². The Morgan fingerprint density at radius 3 is 2.73 bits per heavy atom. The van der Waals surface area contributed by atoms with Crippen molar-refractivity contribution in [2.45, 2.75) is 45.6 Å². The molecule has 1 fully saturated rings. The second-order valence-electron chi connectivity index (χ2n) is 7.26. The molecule has 0 amide bonds. The number of pyridine rings is 1. The van der Waals surface area contributed by atoms with Crippen LogP contribution in [0.2, 0.25) is 0 Å². The Morgan fingerprint density at radius 1 is 1.15 bits per heavy atom. The van der Waals surface area contributed by atoms with E-state index in [1.165, 1.54) is 0 Å². The first kappa shape index (κ1) is 16.9. The lowest BCUT2D eigenvalue weighted by Gasteiger charge is -2.33. The van der Waals surface area contributed by atoms with Gasteiger partial charge in [0.1, 0.15) is 0 Å². The Kier molecular flexibility index (Phi) is 4.32. The Balaban J connectivity index is 1.65. The van der Waals surface area contributed by atoms with Crippen LogP contribution in [0.5, 0.6) is 0 Å². The number of rotatable bonds is 4. The van der Waals surface area contributed by atoms with Crippen molar-refractivity contribution in [1.82, 2.24) is 24.6 Å². The third-order valence-corrected chi connectivity index (χ3v) is 5.07. The molecule has 0 aromatic carbocycles. The van der Waals surface area contributed by atoms with Gasteiger partial charge in [0, 0.05) is 42.8 Å². The third kappa shape index (κ3) is 3.26. The summed E-state index contributed by atoms with van der Waals surface area (Å²) in [5.74, 6) is 1.23. The summed E-state index contributed by atoms with van der Waals surface area (Å²) in [5, 5.41) is 7.99. The van der Waals surface area contributed by atoms with Gasteiger partial charge in [-0.2, -0.15) is 9.50 Å². The molecule has 0 bridgehead atoms. The van der Waals surface area contributed by atoms with Gasteiger partial charge in [0.05, 0.1) is 5.69 Å². The third-order valence-electron chi connectivity index (χ3n) is 5.07. The average molecular weight is 352 g/mol. The first-order valence-corrected chi connectivity index (χ1v) is 9.02. The van der Waals surface area contributed by atoms with Crippen molar-refractivity contribution in [2.75, 3.05) is 18.5 Å². The highest BCUT2D eigenvalue weighted by atomic mass is 16.5. The zero-order chi connectivity index (χ0) is 18.1. The van der Waals surface area contributed by atoms with E-state index in [-0.39, 0.29) is 5.41 Å². The van der Waals surface area contributed by atoms with Crippen LogP contribution in [0, 0.1) is 13.8 Å². The van der Waals surface area contributed by atoms with Crippen molar-refractivity contribution in [3.05, 3.63) is 47.0 Å². The maximum Gasteiger partial charge on any atom is 0.254 e. The van der Waals surface area contributed by atoms with Crippen molar-refractivity contribution in [2.24, 2.45) is 0 Å². The Morgan fingerprint density at radius 2 is 1.96 bits per heavy atom. The minimum Gasteiger partial charge on any atom is -0.381 e. The van der Waals surface area contributed by atoms with E-state index in [0.29, 0.717) is 18.3 Å². The van der Waals surface area contributed by atoms with Gasteiger partial charge in [-0.3, -0.25) is 4.98 Å². The number of ether oxygens (including phenoxy) is 1. The van der Waals surface area contributed by atoms with E-state index in [1.54, 1.807) is 0 Å². The molecule has 0 radical (unpaired) electrons. The SMILES string of the molecule is Cc1cc(CNc2nc3nc(C)cc(C4(C)CCOCC4)n3n2)ccn1. The molecule has 136 valence electrons. The van der Waals surface area contributed by atoms with Crippen LogP contribution in [0.1, 0.15) is 42.4 Å². The molecule has 0 spiro atoms. The molecule has 0 unspecified atom stereocenters. The zero-order valence-electron chi connectivity index (χ0n) is 15.5. The molecule has 7 heteroatoms. The molecule has 3 aromatic heterocycles. The quantitative estimate of drug-likeness (QED) is 0.778. The van der Waals surface area contributed by atoms with Gasteiger partial charge in [-0.05, 0) is 50.5 Å². The van der Waals surface area contributed by atoms with Gasteiger partial charge in [0.15, 0.2) is 0 Å². The fourth-order valence-electron chi connectivity index (χ4n) is 3.47. The van der Waals surface area contributed by atoms with E-state index in [1.807, 2.05) is 30.6 Å². The first-order valence-electron chi connectivity index (χ1n) is 9.02. The summed E-state index contributed by atoms with van der Waals surface area (Å²) in [5.41, 5.74) is 4.29. The smallest absolute Gasteiger partial charge is 0.254 e. The van der Waals surface area contributed by atoms with E-state index >= 15 is 0 Å². The number of nitrogens with zero attached hydrogens (tertiary/aromatic N) is 5. The number of nitrogens with one attached hydrogen (secondary N) is 1. The topological polar surface area (TPSA) is 77.2 Å². The van der Waals surface area contributed by atoms with Gasteiger partial charge in [0.2, 0.25) is 5.95 Å². The highest BCUT2D eigenvalue weighted by Gasteiger charge is 2.32. The molecular formula is C19H24N6O. The van der Waals surface area contributed by atoms with Crippen LogP contribution in [0.3, 0.4) is 0 Å². The Bertz CT molecular complexity index is 929.